The van der Waals surface area contributed by atoms with Crippen molar-refractivity contribution in [2.75, 3.05) is 13.2 Å². The van der Waals surface area contributed by atoms with Crippen LogP contribution in [0.2, 0.25) is 0 Å². The van der Waals surface area contributed by atoms with Gasteiger partial charge in [0.2, 0.25) is 0 Å². The first kappa shape index (κ1) is 13.5. The van der Waals surface area contributed by atoms with Gasteiger partial charge in [-0.25, -0.2) is 0 Å². The van der Waals surface area contributed by atoms with Crippen LogP contribution in [0.3, 0.4) is 0 Å². The number of ether oxygens (including phenoxy) is 1. The molecule has 3 heteroatoms. The van der Waals surface area contributed by atoms with Crippen LogP contribution in [0, 0.1) is 5.41 Å². The minimum absolute atomic E-state index is 0.277. The van der Waals surface area contributed by atoms with Crippen LogP contribution in [0.25, 0.3) is 0 Å². The van der Waals surface area contributed by atoms with Crippen LogP contribution >= 0.6 is 0 Å². The number of nitrogens with two attached hydrogens (primary N) is 1. The van der Waals surface area contributed by atoms with E-state index < -0.39 is 0 Å². The molecule has 1 saturated carbocycles. The lowest BCUT2D eigenvalue weighted by atomic mass is 9.70. The third-order valence-corrected chi connectivity index (χ3v) is 3.63. The van der Waals surface area contributed by atoms with Crippen LogP contribution in [0.15, 0.2) is 4.99 Å². The SMILES string of the molecule is CCN=C(N)C1(OCC)CCC(C)(C)CC1. The summed E-state index contributed by atoms with van der Waals surface area (Å²) in [5.74, 6) is 0.701. The molecule has 1 fully saturated rings. The molecule has 94 valence electrons. The maximum atomic E-state index is 6.09. The summed E-state index contributed by atoms with van der Waals surface area (Å²) < 4.78 is 5.92. The van der Waals surface area contributed by atoms with Gasteiger partial charge in [0.25, 0.3) is 0 Å². The number of nitrogens with zero attached hydrogens (tertiary/aromatic N) is 1. The van der Waals surface area contributed by atoms with Gasteiger partial charge in [-0.05, 0) is 44.9 Å². The number of amidine groups is 1. The van der Waals surface area contributed by atoms with Crippen LogP contribution in [0.1, 0.15) is 53.4 Å². The second-order valence-electron chi connectivity index (χ2n) is 5.45. The van der Waals surface area contributed by atoms with Gasteiger partial charge in [-0.3, -0.25) is 4.99 Å². The lowest BCUT2D eigenvalue weighted by molar-refractivity contribution is -0.0341. The van der Waals surface area contributed by atoms with Crippen molar-refractivity contribution in [3.63, 3.8) is 0 Å². The molecule has 0 radical (unpaired) electrons. The Morgan fingerprint density at radius 2 is 1.75 bits per heavy atom. The number of aliphatic imine (C=N–C) groups is 1. The molecule has 0 heterocycles. The summed E-state index contributed by atoms with van der Waals surface area (Å²) in [6.45, 7) is 10.1. The van der Waals surface area contributed by atoms with Gasteiger partial charge in [0.1, 0.15) is 11.4 Å². The molecule has 2 N–H and O–H groups in total. The van der Waals surface area contributed by atoms with Crippen LogP contribution < -0.4 is 5.73 Å². The zero-order valence-corrected chi connectivity index (χ0v) is 11.2. The fourth-order valence-electron chi connectivity index (χ4n) is 2.40. The zero-order chi connectivity index (χ0) is 12.2. The molecule has 1 rings (SSSR count). The predicted molar refractivity (Wildman–Crippen MR) is 68.8 cm³/mol. The second-order valence-corrected chi connectivity index (χ2v) is 5.45. The third kappa shape index (κ3) is 2.97. The maximum absolute atomic E-state index is 6.09. The van der Waals surface area contributed by atoms with Gasteiger partial charge < -0.3 is 10.5 Å². The number of hydrogen-bond donors (Lipinski definition) is 1. The first-order chi connectivity index (χ1) is 7.46. The van der Waals surface area contributed by atoms with Gasteiger partial charge in [0.15, 0.2) is 0 Å². The van der Waals surface area contributed by atoms with Crippen molar-refractivity contribution in [3.05, 3.63) is 0 Å². The summed E-state index contributed by atoms with van der Waals surface area (Å²) in [6, 6.07) is 0. The first-order valence-electron chi connectivity index (χ1n) is 6.40. The molecule has 0 amide bonds. The van der Waals surface area contributed by atoms with Crippen LogP contribution in [-0.2, 0) is 4.74 Å². The van der Waals surface area contributed by atoms with Crippen molar-refractivity contribution in [1.29, 1.82) is 0 Å². The standard InChI is InChI=1S/C13H26N2O/c1-5-15-11(14)13(16-6-2)9-7-12(3,4)8-10-13/h5-10H2,1-4H3,(H2,14,15). The summed E-state index contributed by atoms with van der Waals surface area (Å²) in [5.41, 5.74) is 6.24. The fourth-order valence-corrected chi connectivity index (χ4v) is 2.40. The average molecular weight is 226 g/mol. The summed E-state index contributed by atoms with van der Waals surface area (Å²) in [4.78, 5) is 4.36. The molecule has 0 aromatic rings. The lowest BCUT2D eigenvalue weighted by Gasteiger charge is -2.42. The fraction of sp³-hybridized carbons (Fsp3) is 0.923. The highest BCUT2D eigenvalue weighted by molar-refractivity contribution is 5.89. The molecule has 0 aliphatic heterocycles. The Labute approximate surface area is 99.5 Å². The lowest BCUT2D eigenvalue weighted by Crippen LogP contribution is -2.50. The average Bonchev–Trinajstić information content (AvgIpc) is 2.22. The van der Waals surface area contributed by atoms with Crippen molar-refractivity contribution >= 4 is 5.84 Å². The minimum Gasteiger partial charge on any atom is -0.385 e. The second kappa shape index (κ2) is 5.17. The van der Waals surface area contributed by atoms with Crippen LogP contribution in [0.4, 0.5) is 0 Å². The Morgan fingerprint density at radius 1 is 1.19 bits per heavy atom. The quantitative estimate of drug-likeness (QED) is 0.592. The van der Waals surface area contributed by atoms with Crippen molar-refractivity contribution in [2.24, 2.45) is 16.1 Å². The summed E-state index contributed by atoms with van der Waals surface area (Å²) in [7, 11) is 0. The molecule has 0 aromatic carbocycles. The van der Waals surface area contributed by atoms with Crippen molar-refractivity contribution < 1.29 is 4.74 Å². The van der Waals surface area contributed by atoms with E-state index in [0.717, 1.165) is 32.2 Å². The Hall–Kier alpha value is -0.570. The topological polar surface area (TPSA) is 47.6 Å². The maximum Gasteiger partial charge on any atom is 0.126 e. The highest BCUT2D eigenvalue weighted by atomic mass is 16.5. The van der Waals surface area contributed by atoms with E-state index in [9.17, 15) is 0 Å². The van der Waals surface area contributed by atoms with E-state index in [1.165, 1.54) is 0 Å². The van der Waals surface area contributed by atoms with Gasteiger partial charge in [0.05, 0.1) is 0 Å². The monoisotopic (exact) mass is 226 g/mol. The minimum atomic E-state index is -0.277. The van der Waals surface area contributed by atoms with E-state index in [4.69, 9.17) is 10.5 Å². The molecule has 16 heavy (non-hydrogen) atoms. The molecule has 0 unspecified atom stereocenters. The highest BCUT2D eigenvalue weighted by Gasteiger charge is 2.41. The van der Waals surface area contributed by atoms with E-state index in [1.54, 1.807) is 0 Å². The Morgan fingerprint density at radius 3 is 2.19 bits per heavy atom. The van der Waals surface area contributed by atoms with Crippen molar-refractivity contribution in [3.8, 4) is 0 Å². The largest absolute Gasteiger partial charge is 0.385 e. The van der Waals surface area contributed by atoms with Crippen molar-refractivity contribution in [2.45, 2.75) is 59.0 Å². The normalized spacial score (nSPS) is 24.4. The predicted octanol–water partition coefficient (Wildman–Crippen LogP) is 2.74. The molecule has 1 aliphatic rings. The van der Waals surface area contributed by atoms with Crippen molar-refractivity contribution in [1.82, 2.24) is 0 Å². The highest BCUT2D eigenvalue weighted by Crippen LogP contribution is 2.42. The van der Waals surface area contributed by atoms with E-state index in [1.807, 2.05) is 13.8 Å². The molecule has 0 atom stereocenters. The Bertz CT molecular complexity index is 249. The first-order valence-corrected chi connectivity index (χ1v) is 6.40. The van der Waals surface area contributed by atoms with E-state index in [-0.39, 0.29) is 5.60 Å². The van der Waals surface area contributed by atoms with Gasteiger partial charge in [-0.2, -0.15) is 0 Å². The van der Waals surface area contributed by atoms with E-state index >= 15 is 0 Å². The molecule has 0 saturated heterocycles. The Kier molecular flexibility index (Phi) is 4.36. The van der Waals surface area contributed by atoms with Crippen LogP contribution in [0.5, 0.6) is 0 Å². The number of rotatable bonds is 4. The Balaban J connectivity index is 2.80. The van der Waals surface area contributed by atoms with E-state index in [2.05, 4.69) is 18.8 Å². The molecule has 0 spiro atoms. The van der Waals surface area contributed by atoms with Gasteiger partial charge >= 0.3 is 0 Å². The molecule has 0 aromatic heterocycles. The molecular weight excluding hydrogens is 200 g/mol. The van der Waals surface area contributed by atoms with Gasteiger partial charge in [0, 0.05) is 13.2 Å². The number of hydrogen-bond acceptors (Lipinski definition) is 2. The van der Waals surface area contributed by atoms with Crippen LogP contribution in [-0.4, -0.2) is 24.6 Å². The van der Waals surface area contributed by atoms with Gasteiger partial charge in [-0.15, -0.1) is 0 Å². The third-order valence-electron chi connectivity index (χ3n) is 3.63. The molecule has 0 bridgehead atoms. The zero-order valence-electron chi connectivity index (χ0n) is 11.2. The molecule has 1 aliphatic carbocycles. The van der Waals surface area contributed by atoms with E-state index in [0.29, 0.717) is 17.9 Å². The smallest absolute Gasteiger partial charge is 0.126 e. The molecular formula is C13H26N2O. The summed E-state index contributed by atoms with van der Waals surface area (Å²) in [6.07, 6.45) is 4.33. The summed E-state index contributed by atoms with van der Waals surface area (Å²) >= 11 is 0. The molecule has 3 nitrogen and oxygen atoms in total. The van der Waals surface area contributed by atoms with Gasteiger partial charge in [-0.1, -0.05) is 13.8 Å². The summed E-state index contributed by atoms with van der Waals surface area (Å²) in [5, 5.41) is 0.